The summed E-state index contributed by atoms with van der Waals surface area (Å²) in [6.45, 7) is 6.96. The maximum absolute atomic E-state index is 12.1. The number of hydrogen-bond acceptors (Lipinski definition) is 4. The Morgan fingerprint density at radius 1 is 1.21 bits per heavy atom. The number of likely N-dealkylation sites (tertiary alicyclic amines) is 1. The summed E-state index contributed by atoms with van der Waals surface area (Å²) in [4.78, 5) is 24.2. The van der Waals surface area contributed by atoms with Gasteiger partial charge in [-0.05, 0) is 73.2 Å². The Morgan fingerprint density at radius 3 is 2.73 bits per heavy atom. The van der Waals surface area contributed by atoms with Gasteiger partial charge in [0, 0.05) is 36.8 Å². The van der Waals surface area contributed by atoms with Gasteiger partial charge in [0.2, 0.25) is 5.91 Å². The number of pyridine rings is 1. The Labute approximate surface area is 194 Å². The molecule has 4 aromatic rings. The molecule has 0 spiro atoms. The molecule has 0 unspecified atom stereocenters. The van der Waals surface area contributed by atoms with Gasteiger partial charge in [0.25, 0.3) is 0 Å². The zero-order valence-electron chi connectivity index (χ0n) is 19.9. The van der Waals surface area contributed by atoms with E-state index in [9.17, 15) is 4.79 Å². The molecule has 7 heteroatoms. The lowest BCUT2D eigenvalue weighted by Crippen LogP contribution is -2.40. The second kappa shape index (κ2) is 8.63. The number of hydrogen-bond donors (Lipinski definition) is 1. The maximum atomic E-state index is 12.1. The number of likely N-dealkylation sites (N-methyl/N-ethyl adjacent to an activating group) is 1. The van der Waals surface area contributed by atoms with Crippen molar-refractivity contribution in [3.63, 3.8) is 0 Å². The van der Waals surface area contributed by atoms with E-state index in [-0.39, 0.29) is 5.91 Å². The Balaban J connectivity index is 1.46. The van der Waals surface area contributed by atoms with Crippen molar-refractivity contribution in [2.45, 2.75) is 38.5 Å². The minimum Gasteiger partial charge on any atom is -0.354 e. The fourth-order valence-electron chi connectivity index (χ4n) is 5.10. The Bertz CT molecular complexity index is 1290. The monoisotopic (exact) mass is 444 g/mol. The second-order valence-electron chi connectivity index (χ2n) is 9.66. The first-order chi connectivity index (χ1) is 15.9. The molecule has 0 atom stereocenters. The number of amides is 1. The molecule has 33 heavy (non-hydrogen) atoms. The van der Waals surface area contributed by atoms with E-state index >= 15 is 0 Å². The number of fused-ring (bicyclic) bond motifs is 2. The van der Waals surface area contributed by atoms with Gasteiger partial charge in [-0.2, -0.15) is 5.10 Å². The largest absolute Gasteiger partial charge is 0.354 e. The molecule has 0 radical (unpaired) electrons. The van der Waals surface area contributed by atoms with Crippen LogP contribution in [0, 0.1) is 0 Å². The fraction of sp³-hybridized carbons (Fsp3) is 0.423. The fourth-order valence-corrected chi connectivity index (χ4v) is 5.10. The quantitative estimate of drug-likeness (QED) is 0.499. The summed E-state index contributed by atoms with van der Waals surface area (Å²) in [6.07, 6.45) is 5.70. The van der Waals surface area contributed by atoms with Crippen LogP contribution >= 0.6 is 0 Å². The molecule has 1 aromatic carbocycles. The van der Waals surface area contributed by atoms with Crippen molar-refractivity contribution < 1.29 is 4.79 Å². The van der Waals surface area contributed by atoms with Crippen LogP contribution in [-0.4, -0.2) is 69.0 Å². The molecule has 0 aliphatic carbocycles. The third-order valence-corrected chi connectivity index (χ3v) is 6.93. The van der Waals surface area contributed by atoms with E-state index in [1.54, 1.807) is 11.2 Å². The molecule has 0 bridgehead atoms. The molecular formula is C26H32N6O. The summed E-state index contributed by atoms with van der Waals surface area (Å²) in [6, 6.07) is 11.0. The maximum Gasteiger partial charge on any atom is 0.236 e. The van der Waals surface area contributed by atoms with Gasteiger partial charge in [-0.3, -0.25) is 9.69 Å². The van der Waals surface area contributed by atoms with E-state index in [1.165, 1.54) is 16.5 Å². The summed E-state index contributed by atoms with van der Waals surface area (Å²) >= 11 is 0. The zero-order chi connectivity index (χ0) is 23.1. The predicted octanol–water partition coefficient (Wildman–Crippen LogP) is 4.27. The number of nitrogens with one attached hydrogen (secondary N) is 1. The molecule has 3 aromatic heterocycles. The Hall–Kier alpha value is -3.19. The van der Waals surface area contributed by atoms with Gasteiger partial charge < -0.3 is 9.88 Å². The van der Waals surface area contributed by atoms with Crippen molar-refractivity contribution in [2.75, 3.05) is 33.7 Å². The number of carbonyl (C=O) groups is 1. The van der Waals surface area contributed by atoms with Gasteiger partial charge in [-0.25, -0.2) is 9.50 Å². The Morgan fingerprint density at radius 2 is 2.00 bits per heavy atom. The van der Waals surface area contributed by atoms with Crippen LogP contribution in [0.3, 0.4) is 0 Å². The summed E-state index contributed by atoms with van der Waals surface area (Å²) in [5.74, 6) is 1.07. The van der Waals surface area contributed by atoms with Gasteiger partial charge in [0.1, 0.15) is 6.33 Å². The van der Waals surface area contributed by atoms with E-state index < -0.39 is 0 Å². The molecule has 1 aliphatic rings. The number of piperidine rings is 1. The third-order valence-electron chi connectivity index (χ3n) is 6.93. The molecular weight excluding hydrogens is 412 g/mol. The van der Waals surface area contributed by atoms with E-state index in [0.29, 0.717) is 18.4 Å². The van der Waals surface area contributed by atoms with Crippen LogP contribution in [-0.2, 0) is 4.79 Å². The number of benzene rings is 1. The number of H-pyrrole nitrogens is 1. The molecule has 1 amide bonds. The van der Waals surface area contributed by atoms with Crippen molar-refractivity contribution in [2.24, 2.45) is 0 Å². The number of rotatable bonds is 5. The predicted molar refractivity (Wildman–Crippen MR) is 131 cm³/mol. The zero-order valence-corrected chi connectivity index (χ0v) is 19.9. The van der Waals surface area contributed by atoms with Crippen LogP contribution in [0.2, 0.25) is 0 Å². The molecule has 5 rings (SSSR count). The lowest BCUT2D eigenvalue weighted by atomic mass is 9.87. The molecule has 1 fully saturated rings. The van der Waals surface area contributed by atoms with Gasteiger partial charge in [-0.1, -0.05) is 19.9 Å². The van der Waals surface area contributed by atoms with Crippen molar-refractivity contribution in [1.29, 1.82) is 0 Å². The van der Waals surface area contributed by atoms with Crippen LogP contribution < -0.4 is 0 Å². The highest BCUT2D eigenvalue weighted by Gasteiger charge is 2.24. The van der Waals surface area contributed by atoms with Crippen molar-refractivity contribution >= 4 is 22.5 Å². The molecule has 1 aliphatic heterocycles. The van der Waals surface area contributed by atoms with Gasteiger partial charge in [0.15, 0.2) is 5.65 Å². The molecule has 1 saturated heterocycles. The highest BCUT2D eigenvalue weighted by atomic mass is 16.2. The van der Waals surface area contributed by atoms with E-state index in [2.05, 4.69) is 58.1 Å². The standard InChI is InChI=1S/C26H32N6O/c1-17(2)24-21-14-19(18-9-12-31(13-10-18)15-23(33)30(3)4)7-8-22(21)29-25(24)20-6-5-11-32-26(20)27-16-28-32/h5-8,11,14,16-18,29H,9-10,12-13,15H2,1-4H3. The summed E-state index contributed by atoms with van der Waals surface area (Å²) < 4.78 is 1.82. The second-order valence-corrected chi connectivity index (χ2v) is 9.66. The molecule has 172 valence electrons. The van der Waals surface area contributed by atoms with Crippen LogP contribution in [0.5, 0.6) is 0 Å². The average molecular weight is 445 g/mol. The van der Waals surface area contributed by atoms with Crippen molar-refractivity contribution in [3.8, 4) is 11.3 Å². The molecule has 0 saturated carbocycles. The first-order valence-corrected chi connectivity index (χ1v) is 11.8. The normalized spacial score (nSPS) is 15.7. The number of aromatic nitrogens is 4. The number of nitrogens with zero attached hydrogens (tertiary/aromatic N) is 5. The lowest BCUT2D eigenvalue weighted by Gasteiger charge is -2.32. The van der Waals surface area contributed by atoms with Gasteiger partial charge >= 0.3 is 0 Å². The van der Waals surface area contributed by atoms with Crippen molar-refractivity contribution in [1.82, 2.24) is 29.4 Å². The minimum atomic E-state index is 0.180. The van der Waals surface area contributed by atoms with Gasteiger partial charge in [-0.15, -0.1) is 0 Å². The van der Waals surface area contributed by atoms with Crippen LogP contribution in [0.1, 0.15) is 49.7 Å². The summed E-state index contributed by atoms with van der Waals surface area (Å²) in [7, 11) is 3.65. The summed E-state index contributed by atoms with van der Waals surface area (Å²) in [5.41, 5.74) is 6.97. The Kier molecular flexibility index (Phi) is 5.66. The highest BCUT2D eigenvalue weighted by molar-refractivity contribution is 5.94. The van der Waals surface area contributed by atoms with Gasteiger partial charge in [0.05, 0.1) is 12.2 Å². The molecule has 7 nitrogen and oxygen atoms in total. The van der Waals surface area contributed by atoms with Crippen LogP contribution in [0.4, 0.5) is 0 Å². The van der Waals surface area contributed by atoms with Crippen LogP contribution in [0.15, 0.2) is 42.9 Å². The molecule has 1 N–H and O–H groups in total. The third kappa shape index (κ3) is 4.02. The van der Waals surface area contributed by atoms with Crippen LogP contribution in [0.25, 0.3) is 27.8 Å². The average Bonchev–Trinajstić information content (AvgIpc) is 3.43. The lowest BCUT2D eigenvalue weighted by molar-refractivity contribution is -0.130. The van der Waals surface area contributed by atoms with E-state index in [0.717, 1.165) is 48.4 Å². The minimum absolute atomic E-state index is 0.180. The van der Waals surface area contributed by atoms with Crippen molar-refractivity contribution in [3.05, 3.63) is 54.0 Å². The smallest absolute Gasteiger partial charge is 0.236 e. The topological polar surface area (TPSA) is 69.5 Å². The van der Waals surface area contributed by atoms with E-state index in [1.807, 2.05) is 30.9 Å². The summed E-state index contributed by atoms with van der Waals surface area (Å²) in [5, 5.41) is 5.60. The number of carbonyl (C=O) groups excluding carboxylic acids is 1. The SMILES string of the molecule is CC(C)c1c(-c2cccn3ncnc23)[nH]c2ccc(C3CCN(CC(=O)N(C)C)CC3)cc12. The first kappa shape index (κ1) is 21.6. The molecule has 4 heterocycles. The first-order valence-electron chi connectivity index (χ1n) is 11.8. The number of aromatic amines is 1. The van der Waals surface area contributed by atoms with E-state index in [4.69, 9.17) is 0 Å². The highest BCUT2D eigenvalue weighted by Crippen LogP contribution is 2.39.